The Morgan fingerprint density at radius 3 is 2.90 bits per heavy atom. The molecule has 2 atom stereocenters. The molecule has 3 rings (SSSR count). The van der Waals surface area contributed by atoms with Crippen LogP contribution in [0.1, 0.15) is 56.1 Å². The predicted octanol–water partition coefficient (Wildman–Crippen LogP) is 3.93. The molecule has 0 radical (unpaired) electrons. The van der Waals surface area contributed by atoms with Crippen LogP contribution in [0.15, 0.2) is 15.8 Å². The average molecular weight is 306 g/mol. The average Bonchev–Trinajstić information content (AvgIpc) is 3.02. The van der Waals surface area contributed by atoms with Crippen LogP contribution in [0, 0.1) is 19.8 Å². The molecule has 114 valence electrons. The Bertz CT molecular complexity index is 607. The second kappa shape index (κ2) is 6.22. The minimum Gasteiger partial charge on any atom is -0.445 e. The number of thioether (sulfide) groups is 1. The molecule has 6 heteroatoms. The molecule has 2 heterocycles. The van der Waals surface area contributed by atoms with Crippen molar-refractivity contribution in [3.63, 3.8) is 0 Å². The lowest BCUT2D eigenvalue weighted by Gasteiger charge is -2.29. The molecule has 1 saturated carbocycles. The lowest BCUT2D eigenvalue weighted by atomic mass is 9.87. The largest absolute Gasteiger partial charge is 0.445 e. The van der Waals surface area contributed by atoms with Crippen molar-refractivity contribution in [1.82, 2.24) is 19.7 Å². The first kappa shape index (κ1) is 14.6. The molecule has 0 aliphatic heterocycles. The highest BCUT2D eigenvalue weighted by Gasteiger charge is 2.24. The summed E-state index contributed by atoms with van der Waals surface area (Å²) >= 11 is 1.66. The molecule has 0 amide bonds. The van der Waals surface area contributed by atoms with E-state index in [0.717, 1.165) is 28.5 Å². The van der Waals surface area contributed by atoms with E-state index in [1.54, 1.807) is 18.0 Å². The first-order valence-electron chi connectivity index (χ1n) is 7.59. The van der Waals surface area contributed by atoms with Gasteiger partial charge in [0.15, 0.2) is 5.16 Å². The Balaban J connectivity index is 1.73. The van der Waals surface area contributed by atoms with Gasteiger partial charge in [0.05, 0.1) is 11.9 Å². The number of rotatable bonds is 4. The van der Waals surface area contributed by atoms with E-state index in [2.05, 4.69) is 26.7 Å². The minimum absolute atomic E-state index is 0.539. The molecule has 1 fully saturated rings. The van der Waals surface area contributed by atoms with Gasteiger partial charge in [-0.1, -0.05) is 31.5 Å². The van der Waals surface area contributed by atoms with Gasteiger partial charge in [-0.2, -0.15) is 0 Å². The number of nitrogens with zero attached hydrogens (tertiary/aromatic N) is 4. The highest BCUT2D eigenvalue weighted by atomic mass is 32.2. The third kappa shape index (κ3) is 3.31. The highest BCUT2D eigenvalue weighted by molar-refractivity contribution is 7.98. The summed E-state index contributed by atoms with van der Waals surface area (Å²) in [5.74, 6) is 4.11. The fraction of sp³-hybridized carbons (Fsp3) is 0.667. The molecule has 0 saturated heterocycles. The predicted molar refractivity (Wildman–Crippen MR) is 82.2 cm³/mol. The van der Waals surface area contributed by atoms with Crippen molar-refractivity contribution < 1.29 is 4.42 Å². The van der Waals surface area contributed by atoms with Crippen LogP contribution in [0.25, 0.3) is 0 Å². The van der Waals surface area contributed by atoms with Crippen LogP contribution in [-0.2, 0) is 5.75 Å². The summed E-state index contributed by atoms with van der Waals surface area (Å²) in [4.78, 5) is 4.25. The van der Waals surface area contributed by atoms with Crippen LogP contribution in [-0.4, -0.2) is 19.7 Å². The van der Waals surface area contributed by atoms with Crippen molar-refractivity contribution in [2.24, 2.45) is 5.92 Å². The van der Waals surface area contributed by atoms with E-state index in [4.69, 9.17) is 4.42 Å². The lowest BCUT2D eigenvalue weighted by Crippen LogP contribution is -2.19. The summed E-state index contributed by atoms with van der Waals surface area (Å²) in [6.45, 7) is 6.30. The highest BCUT2D eigenvalue weighted by Crippen LogP contribution is 2.35. The molecule has 0 aromatic carbocycles. The number of hydrogen-bond donors (Lipinski definition) is 0. The van der Waals surface area contributed by atoms with Crippen molar-refractivity contribution in [2.75, 3.05) is 0 Å². The normalized spacial score (nSPS) is 22.6. The van der Waals surface area contributed by atoms with Crippen LogP contribution in [0.5, 0.6) is 0 Å². The van der Waals surface area contributed by atoms with Crippen LogP contribution in [0.4, 0.5) is 0 Å². The summed E-state index contributed by atoms with van der Waals surface area (Å²) in [7, 11) is 0. The van der Waals surface area contributed by atoms with Crippen LogP contribution in [0.2, 0.25) is 0 Å². The first-order chi connectivity index (χ1) is 10.1. The molecule has 1 aliphatic carbocycles. The summed E-state index contributed by atoms with van der Waals surface area (Å²) in [5, 5.41) is 9.61. The van der Waals surface area contributed by atoms with E-state index in [1.807, 2.05) is 13.8 Å². The van der Waals surface area contributed by atoms with Gasteiger partial charge in [0.25, 0.3) is 0 Å². The van der Waals surface area contributed by atoms with Gasteiger partial charge in [0.2, 0.25) is 5.89 Å². The van der Waals surface area contributed by atoms with Gasteiger partial charge >= 0.3 is 0 Å². The number of aryl methyl sites for hydroxylation is 2. The van der Waals surface area contributed by atoms with Crippen molar-refractivity contribution in [3.8, 4) is 0 Å². The molecule has 5 nitrogen and oxygen atoms in total. The SMILES string of the molecule is Cc1cnc(CSc2nnc(C)n2[C@H]2CCC[C@@H](C)C2)o1. The maximum atomic E-state index is 5.53. The van der Waals surface area contributed by atoms with Gasteiger partial charge in [-0.05, 0) is 32.6 Å². The Morgan fingerprint density at radius 1 is 1.33 bits per heavy atom. The van der Waals surface area contributed by atoms with E-state index in [0.29, 0.717) is 11.8 Å². The Kier molecular flexibility index (Phi) is 4.33. The zero-order chi connectivity index (χ0) is 14.8. The van der Waals surface area contributed by atoms with Gasteiger partial charge in [-0.15, -0.1) is 10.2 Å². The molecular formula is C15H22N4OS. The maximum Gasteiger partial charge on any atom is 0.204 e. The van der Waals surface area contributed by atoms with Crippen molar-refractivity contribution >= 4 is 11.8 Å². The second-order valence-corrected chi connectivity index (χ2v) is 6.92. The molecule has 0 unspecified atom stereocenters. The van der Waals surface area contributed by atoms with Crippen LogP contribution < -0.4 is 0 Å². The first-order valence-corrected chi connectivity index (χ1v) is 8.57. The Labute approximate surface area is 129 Å². The standard InChI is InChI=1S/C15H22N4OS/c1-10-5-4-6-13(7-10)19-12(3)17-18-15(19)21-9-14-16-8-11(2)20-14/h8,10,13H,4-7,9H2,1-3H3/t10-,13+/m1/s1. The molecule has 1 aliphatic rings. The third-order valence-electron chi connectivity index (χ3n) is 4.10. The van der Waals surface area contributed by atoms with Gasteiger partial charge < -0.3 is 8.98 Å². The summed E-state index contributed by atoms with van der Waals surface area (Å²) in [6.07, 6.45) is 6.86. The molecular weight excluding hydrogens is 284 g/mol. The van der Waals surface area contributed by atoms with E-state index >= 15 is 0 Å². The van der Waals surface area contributed by atoms with Crippen molar-refractivity contribution in [2.45, 2.75) is 63.4 Å². The zero-order valence-corrected chi connectivity index (χ0v) is 13.7. The fourth-order valence-electron chi connectivity index (χ4n) is 3.10. The van der Waals surface area contributed by atoms with E-state index in [1.165, 1.54) is 25.7 Å². The molecule has 21 heavy (non-hydrogen) atoms. The molecule has 2 aromatic heterocycles. The number of hydrogen-bond acceptors (Lipinski definition) is 5. The molecule has 0 spiro atoms. The monoisotopic (exact) mass is 306 g/mol. The molecule has 2 aromatic rings. The Morgan fingerprint density at radius 2 is 2.19 bits per heavy atom. The number of oxazole rings is 1. The van der Waals surface area contributed by atoms with Gasteiger partial charge in [0.1, 0.15) is 11.6 Å². The summed E-state index contributed by atoms with van der Waals surface area (Å²) in [6, 6.07) is 0.539. The van der Waals surface area contributed by atoms with Crippen LogP contribution >= 0.6 is 11.8 Å². The lowest BCUT2D eigenvalue weighted by molar-refractivity contribution is 0.268. The third-order valence-corrected chi connectivity index (χ3v) is 5.03. The van der Waals surface area contributed by atoms with E-state index in [9.17, 15) is 0 Å². The minimum atomic E-state index is 0.539. The van der Waals surface area contributed by atoms with Crippen LogP contribution in [0.3, 0.4) is 0 Å². The van der Waals surface area contributed by atoms with Gasteiger partial charge in [0, 0.05) is 6.04 Å². The van der Waals surface area contributed by atoms with Gasteiger partial charge in [-0.25, -0.2) is 4.98 Å². The quantitative estimate of drug-likeness (QED) is 0.801. The number of aromatic nitrogens is 4. The topological polar surface area (TPSA) is 56.7 Å². The molecule has 0 bridgehead atoms. The van der Waals surface area contributed by atoms with Crippen molar-refractivity contribution in [3.05, 3.63) is 23.7 Å². The fourth-order valence-corrected chi connectivity index (χ4v) is 4.00. The van der Waals surface area contributed by atoms with E-state index < -0.39 is 0 Å². The second-order valence-electron chi connectivity index (χ2n) is 5.98. The smallest absolute Gasteiger partial charge is 0.204 e. The van der Waals surface area contributed by atoms with Gasteiger partial charge in [-0.3, -0.25) is 0 Å². The Hall–Kier alpha value is -1.30. The van der Waals surface area contributed by atoms with E-state index in [-0.39, 0.29) is 0 Å². The maximum absolute atomic E-state index is 5.53. The summed E-state index contributed by atoms with van der Waals surface area (Å²) < 4.78 is 7.84. The zero-order valence-electron chi connectivity index (χ0n) is 12.9. The summed E-state index contributed by atoms with van der Waals surface area (Å²) in [5.41, 5.74) is 0. The molecule has 0 N–H and O–H groups in total. The van der Waals surface area contributed by atoms with Crippen molar-refractivity contribution in [1.29, 1.82) is 0 Å².